The van der Waals surface area contributed by atoms with Crippen molar-refractivity contribution in [1.29, 1.82) is 0 Å². The molecule has 1 aromatic carbocycles. The maximum atomic E-state index is 13.5. The minimum atomic E-state index is -0.887. The maximum absolute atomic E-state index is 13.5. The number of carbonyl (C=O) groups is 1. The molecule has 3 saturated carbocycles. The van der Waals surface area contributed by atoms with Crippen molar-refractivity contribution in [2.45, 2.75) is 69.3 Å². The van der Waals surface area contributed by atoms with Crippen molar-refractivity contribution in [3.05, 3.63) is 82.2 Å². The topological polar surface area (TPSA) is 94.0 Å². The third-order valence-electron chi connectivity index (χ3n) is 9.32. The molecule has 0 spiro atoms. The molecule has 2 heterocycles. The number of carbonyl (C=O) groups excluding carboxylic acids is 1. The molecule has 190 valence electrons. The third-order valence-corrected chi connectivity index (χ3v) is 9.32. The first-order chi connectivity index (χ1) is 17.9. The first kappa shape index (κ1) is 22.8. The lowest BCUT2D eigenvalue weighted by Gasteiger charge is -2.46. The van der Waals surface area contributed by atoms with E-state index in [-0.39, 0.29) is 11.2 Å². The van der Waals surface area contributed by atoms with Crippen molar-refractivity contribution < 1.29 is 14.3 Å². The number of pyridine rings is 1. The third kappa shape index (κ3) is 3.51. The van der Waals surface area contributed by atoms with Gasteiger partial charge in [0.05, 0.1) is 34.4 Å². The maximum Gasteiger partial charge on any atom is 0.250 e. The smallest absolute Gasteiger partial charge is 0.250 e. The van der Waals surface area contributed by atoms with Gasteiger partial charge in [-0.2, -0.15) is 5.10 Å². The highest BCUT2D eigenvalue weighted by atomic mass is 19.1. The van der Waals surface area contributed by atoms with Crippen molar-refractivity contribution in [1.82, 2.24) is 14.8 Å². The van der Waals surface area contributed by atoms with Crippen LogP contribution in [-0.4, -0.2) is 31.4 Å². The van der Waals surface area contributed by atoms with Gasteiger partial charge in [0, 0.05) is 11.6 Å². The second kappa shape index (κ2) is 8.09. The van der Waals surface area contributed by atoms with Crippen LogP contribution in [0.1, 0.15) is 83.7 Å². The number of aryl methyl sites for hydroxylation is 1. The zero-order valence-corrected chi connectivity index (χ0v) is 20.8. The molecular formula is C30H31FN4O2. The molecule has 6 nitrogen and oxygen atoms in total. The summed E-state index contributed by atoms with van der Waals surface area (Å²) in [6.07, 6.45) is 13.7. The zero-order chi connectivity index (χ0) is 25.4. The highest BCUT2D eigenvalue weighted by Gasteiger charge is 2.63. The average Bonchev–Trinajstić information content (AvgIpc) is 3.83. The van der Waals surface area contributed by atoms with Gasteiger partial charge in [0.15, 0.2) is 0 Å². The number of primary amides is 1. The van der Waals surface area contributed by atoms with E-state index in [9.17, 15) is 14.3 Å². The summed E-state index contributed by atoms with van der Waals surface area (Å²) < 4.78 is 15.4. The lowest BCUT2D eigenvalue weighted by molar-refractivity contribution is -0.0662. The van der Waals surface area contributed by atoms with E-state index in [0.29, 0.717) is 42.4 Å². The lowest BCUT2D eigenvalue weighted by Crippen LogP contribution is -2.49. The van der Waals surface area contributed by atoms with E-state index in [1.54, 1.807) is 18.3 Å². The summed E-state index contributed by atoms with van der Waals surface area (Å²) in [7, 11) is 0. The molecule has 4 aliphatic carbocycles. The first-order valence-electron chi connectivity index (χ1n) is 13.4. The molecule has 0 radical (unpaired) electrons. The van der Waals surface area contributed by atoms with E-state index >= 15 is 0 Å². The number of fused-ring (bicyclic) bond motifs is 2. The molecule has 3 fully saturated rings. The molecule has 2 aromatic heterocycles. The molecule has 2 atom stereocenters. The average molecular weight is 499 g/mol. The van der Waals surface area contributed by atoms with E-state index in [1.807, 2.05) is 16.9 Å². The Bertz CT molecular complexity index is 1440. The van der Waals surface area contributed by atoms with Crippen LogP contribution in [0, 0.1) is 17.2 Å². The molecule has 3 aromatic rings. The summed E-state index contributed by atoms with van der Waals surface area (Å²) in [5.74, 6) is 0.153. The van der Waals surface area contributed by atoms with Crippen molar-refractivity contribution >= 4 is 12.0 Å². The molecule has 3 N–H and O–H groups in total. The van der Waals surface area contributed by atoms with Crippen LogP contribution in [0.5, 0.6) is 0 Å². The van der Waals surface area contributed by atoms with Crippen molar-refractivity contribution in [2.75, 3.05) is 0 Å². The summed E-state index contributed by atoms with van der Waals surface area (Å²) in [4.78, 5) is 17.0. The van der Waals surface area contributed by atoms with Crippen LogP contribution < -0.4 is 5.73 Å². The molecule has 0 bridgehead atoms. The van der Waals surface area contributed by atoms with Crippen LogP contribution in [0.2, 0.25) is 0 Å². The zero-order valence-electron chi connectivity index (χ0n) is 20.8. The number of hydrogen-bond acceptors (Lipinski definition) is 4. The van der Waals surface area contributed by atoms with E-state index < -0.39 is 11.5 Å². The Balaban J connectivity index is 1.23. The fourth-order valence-electron chi connectivity index (χ4n) is 7.27. The van der Waals surface area contributed by atoms with Gasteiger partial charge in [0.25, 0.3) is 5.91 Å². The Morgan fingerprint density at radius 1 is 1.16 bits per heavy atom. The number of halogens is 1. The number of aromatic nitrogens is 3. The predicted octanol–water partition coefficient (Wildman–Crippen LogP) is 4.88. The van der Waals surface area contributed by atoms with Gasteiger partial charge in [0.1, 0.15) is 5.82 Å². The van der Waals surface area contributed by atoms with Gasteiger partial charge >= 0.3 is 0 Å². The second-order valence-corrected chi connectivity index (χ2v) is 11.4. The lowest BCUT2D eigenvalue weighted by atomic mass is 9.61. The van der Waals surface area contributed by atoms with Crippen LogP contribution >= 0.6 is 0 Å². The van der Waals surface area contributed by atoms with E-state index in [2.05, 4.69) is 16.2 Å². The molecule has 0 saturated heterocycles. The predicted molar refractivity (Wildman–Crippen MR) is 138 cm³/mol. The highest BCUT2D eigenvalue weighted by molar-refractivity contribution is 5.95. The summed E-state index contributed by atoms with van der Waals surface area (Å²) in [6, 6.07) is 8.32. The summed E-state index contributed by atoms with van der Waals surface area (Å²) in [6.45, 7) is 0. The fraction of sp³-hybridized carbons (Fsp3) is 0.433. The van der Waals surface area contributed by atoms with Crippen LogP contribution in [0.3, 0.4) is 0 Å². The Hall–Kier alpha value is -3.32. The van der Waals surface area contributed by atoms with Gasteiger partial charge in [-0.3, -0.25) is 9.78 Å². The van der Waals surface area contributed by atoms with Gasteiger partial charge < -0.3 is 10.8 Å². The molecule has 0 unspecified atom stereocenters. The van der Waals surface area contributed by atoms with Gasteiger partial charge in [-0.15, -0.1) is 0 Å². The van der Waals surface area contributed by atoms with Gasteiger partial charge in [-0.1, -0.05) is 5.57 Å². The monoisotopic (exact) mass is 498 g/mol. The first-order valence-corrected chi connectivity index (χ1v) is 13.4. The number of nitrogens with zero attached hydrogens (tertiary/aromatic N) is 3. The normalized spacial score (nSPS) is 26.5. The Labute approximate surface area is 215 Å². The molecule has 37 heavy (non-hydrogen) atoms. The van der Waals surface area contributed by atoms with E-state index in [4.69, 9.17) is 5.73 Å². The molecule has 7 heteroatoms. The fourth-order valence-corrected chi connectivity index (χ4v) is 7.27. The van der Waals surface area contributed by atoms with Crippen molar-refractivity contribution in [2.24, 2.45) is 17.1 Å². The van der Waals surface area contributed by atoms with Crippen LogP contribution in [-0.2, 0) is 12.8 Å². The molecule has 1 amide bonds. The number of nitrogens with two attached hydrogens (primary N) is 1. The van der Waals surface area contributed by atoms with Crippen molar-refractivity contribution in [3.63, 3.8) is 0 Å². The minimum Gasteiger partial charge on any atom is -0.389 e. The van der Waals surface area contributed by atoms with Crippen LogP contribution in [0.25, 0.3) is 11.8 Å². The Morgan fingerprint density at radius 3 is 2.65 bits per heavy atom. The minimum absolute atomic E-state index is 0.270. The Morgan fingerprint density at radius 2 is 1.95 bits per heavy atom. The number of rotatable bonds is 7. The standard InChI is InChI=1S/C30H31FN4O2/c31-22-5-7-23(8-6-22)35-26-15-21-9-12-29(37,30(21,20-3-4-20)16-19(26)17-34-35)13-10-25-27(28(32)36)24(11-14-33-25)18-1-2-18/h5-8,11,14-15,17-18,20,37H,1-4,9-10,12-13,16H2,(H2,32,36)/t29-,30-/m1/s1. The molecule has 0 aliphatic heterocycles. The summed E-state index contributed by atoms with van der Waals surface area (Å²) >= 11 is 0. The largest absolute Gasteiger partial charge is 0.389 e. The van der Waals surface area contributed by atoms with Crippen molar-refractivity contribution in [3.8, 4) is 5.69 Å². The van der Waals surface area contributed by atoms with Gasteiger partial charge in [0.2, 0.25) is 0 Å². The quantitative estimate of drug-likeness (QED) is 0.486. The van der Waals surface area contributed by atoms with Gasteiger partial charge in [-0.05, 0) is 117 Å². The van der Waals surface area contributed by atoms with Gasteiger partial charge in [-0.25, -0.2) is 9.07 Å². The molecular weight excluding hydrogens is 467 g/mol. The van der Waals surface area contributed by atoms with Crippen LogP contribution in [0.15, 0.2) is 48.3 Å². The number of amides is 1. The van der Waals surface area contributed by atoms with E-state index in [0.717, 1.165) is 61.0 Å². The summed E-state index contributed by atoms with van der Waals surface area (Å²) in [5.41, 5.74) is 11.2. The Kier molecular flexibility index (Phi) is 4.99. The second-order valence-electron chi connectivity index (χ2n) is 11.4. The number of hydrogen-bond donors (Lipinski definition) is 2. The SMILES string of the molecule is NC(=O)c1c(C2CC2)ccnc1CC[C@]1(O)CCC2=Cc3c(cnn3-c3ccc(F)cc3)C[C@@]21C1CC1. The van der Waals surface area contributed by atoms with Crippen LogP contribution in [0.4, 0.5) is 4.39 Å². The number of aliphatic hydroxyl groups is 1. The number of benzene rings is 1. The molecule has 7 rings (SSSR count). The summed E-state index contributed by atoms with van der Waals surface area (Å²) in [5, 5.41) is 17.0. The van der Waals surface area contributed by atoms with E-state index in [1.165, 1.54) is 17.7 Å². The highest BCUT2D eigenvalue weighted by Crippen LogP contribution is 2.66. The molecule has 4 aliphatic rings.